The number of carbonyl (C=O) groups excluding carboxylic acids is 1. The summed E-state index contributed by atoms with van der Waals surface area (Å²) in [4.78, 5) is 11.9. The second-order valence-electron chi connectivity index (χ2n) is 4.95. The maximum Gasteiger partial charge on any atom is 0.356 e. The summed E-state index contributed by atoms with van der Waals surface area (Å²) in [5, 5.41) is 5.38. The molecule has 0 unspecified atom stereocenters. The van der Waals surface area contributed by atoms with Gasteiger partial charge in [0.25, 0.3) is 0 Å². The number of halogens is 2. The first-order valence-corrected chi connectivity index (χ1v) is 8.03. The van der Waals surface area contributed by atoms with Gasteiger partial charge in [-0.1, -0.05) is 42.6 Å². The van der Waals surface area contributed by atoms with Crippen molar-refractivity contribution in [3.63, 3.8) is 0 Å². The highest BCUT2D eigenvalue weighted by Crippen LogP contribution is 2.23. The molecule has 0 aliphatic carbocycles. The topological polar surface area (TPSA) is 53.4 Å². The Morgan fingerprint density at radius 1 is 1.30 bits per heavy atom. The Kier molecular flexibility index (Phi) is 6.30. The van der Waals surface area contributed by atoms with Gasteiger partial charge < -0.3 is 9.47 Å². The zero-order valence-corrected chi connectivity index (χ0v) is 14.5. The molecule has 0 saturated heterocycles. The van der Waals surface area contributed by atoms with Crippen LogP contribution in [0.2, 0.25) is 10.0 Å². The zero-order valence-electron chi connectivity index (χ0n) is 13.0. The highest BCUT2D eigenvalue weighted by Gasteiger charge is 2.17. The number of carbonyl (C=O) groups is 1. The van der Waals surface area contributed by atoms with Gasteiger partial charge in [0.1, 0.15) is 0 Å². The highest BCUT2D eigenvalue weighted by molar-refractivity contribution is 6.35. The van der Waals surface area contributed by atoms with Crippen LogP contribution in [0.3, 0.4) is 0 Å². The SMILES string of the molecule is CCCCOc1cc(C(=O)OC)n(Cc2ccc(Cl)cc2Cl)n1. The highest BCUT2D eigenvalue weighted by atomic mass is 35.5. The van der Waals surface area contributed by atoms with Gasteiger partial charge in [-0.15, -0.1) is 5.10 Å². The van der Waals surface area contributed by atoms with Crippen molar-refractivity contribution < 1.29 is 14.3 Å². The van der Waals surface area contributed by atoms with Crippen LogP contribution in [0.5, 0.6) is 5.88 Å². The molecule has 1 aromatic heterocycles. The second-order valence-corrected chi connectivity index (χ2v) is 5.80. The quantitative estimate of drug-likeness (QED) is 0.550. The number of unbranched alkanes of at least 4 members (excludes halogenated alkanes) is 1. The van der Waals surface area contributed by atoms with Crippen molar-refractivity contribution in [2.24, 2.45) is 0 Å². The average molecular weight is 357 g/mol. The molecule has 2 rings (SSSR count). The predicted molar refractivity (Wildman–Crippen MR) is 89.5 cm³/mol. The van der Waals surface area contributed by atoms with E-state index < -0.39 is 5.97 Å². The summed E-state index contributed by atoms with van der Waals surface area (Å²) in [6, 6.07) is 6.76. The van der Waals surface area contributed by atoms with Gasteiger partial charge in [-0.3, -0.25) is 0 Å². The van der Waals surface area contributed by atoms with Crippen molar-refractivity contribution in [1.29, 1.82) is 0 Å². The van der Waals surface area contributed by atoms with Crippen LogP contribution in [0, 0.1) is 0 Å². The fourth-order valence-electron chi connectivity index (χ4n) is 1.99. The molecule has 23 heavy (non-hydrogen) atoms. The number of hydrogen-bond acceptors (Lipinski definition) is 4. The Labute approximate surface area is 145 Å². The van der Waals surface area contributed by atoms with Gasteiger partial charge in [-0.25, -0.2) is 9.48 Å². The molecule has 0 bridgehead atoms. The molecule has 0 saturated carbocycles. The normalized spacial score (nSPS) is 10.6. The zero-order chi connectivity index (χ0) is 16.8. The van der Waals surface area contributed by atoms with E-state index in [9.17, 15) is 4.79 Å². The van der Waals surface area contributed by atoms with Gasteiger partial charge in [0.15, 0.2) is 5.69 Å². The van der Waals surface area contributed by atoms with E-state index in [1.807, 2.05) is 0 Å². The first-order chi connectivity index (χ1) is 11.0. The smallest absolute Gasteiger partial charge is 0.356 e. The van der Waals surface area contributed by atoms with Crippen LogP contribution in [-0.2, 0) is 11.3 Å². The molecule has 0 atom stereocenters. The number of esters is 1. The van der Waals surface area contributed by atoms with E-state index in [-0.39, 0.29) is 0 Å². The van der Waals surface area contributed by atoms with Crippen LogP contribution in [0.4, 0.5) is 0 Å². The molecule has 1 aromatic carbocycles. The standard InChI is InChI=1S/C16H18Cl2N2O3/c1-3-4-7-23-15-9-14(16(21)22-2)20(19-15)10-11-5-6-12(17)8-13(11)18/h5-6,8-9H,3-4,7,10H2,1-2H3. The van der Waals surface area contributed by atoms with Crippen molar-refractivity contribution >= 4 is 29.2 Å². The molecule has 0 aliphatic rings. The molecule has 0 spiro atoms. The van der Waals surface area contributed by atoms with Crippen LogP contribution >= 0.6 is 23.2 Å². The summed E-state index contributed by atoms with van der Waals surface area (Å²) in [6.07, 6.45) is 1.94. The Hall–Kier alpha value is -1.72. The third-order valence-corrected chi connectivity index (χ3v) is 3.82. The molecule has 2 aromatic rings. The van der Waals surface area contributed by atoms with Crippen LogP contribution in [0.25, 0.3) is 0 Å². The Morgan fingerprint density at radius 3 is 2.74 bits per heavy atom. The van der Waals surface area contributed by atoms with Crippen LogP contribution in [0.15, 0.2) is 24.3 Å². The van der Waals surface area contributed by atoms with Gasteiger partial charge in [0.2, 0.25) is 5.88 Å². The van der Waals surface area contributed by atoms with E-state index in [0.29, 0.717) is 34.8 Å². The van der Waals surface area contributed by atoms with Gasteiger partial charge in [-0.2, -0.15) is 0 Å². The summed E-state index contributed by atoms with van der Waals surface area (Å²) in [5.41, 5.74) is 1.11. The molecule has 0 amide bonds. The molecule has 0 N–H and O–H groups in total. The molecule has 7 heteroatoms. The minimum atomic E-state index is -0.479. The number of methoxy groups -OCH3 is 1. The molecular formula is C16H18Cl2N2O3. The lowest BCUT2D eigenvalue weighted by Gasteiger charge is -2.08. The number of nitrogens with zero attached hydrogens (tertiary/aromatic N) is 2. The third-order valence-electron chi connectivity index (χ3n) is 3.24. The van der Waals surface area contributed by atoms with Crippen LogP contribution < -0.4 is 4.74 Å². The van der Waals surface area contributed by atoms with E-state index in [4.69, 9.17) is 32.7 Å². The summed E-state index contributed by atoms with van der Waals surface area (Å²) in [7, 11) is 1.33. The minimum absolute atomic E-state index is 0.310. The summed E-state index contributed by atoms with van der Waals surface area (Å²) >= 11 is 12.1. The summed E-state index contributed by atoms with van der Waals surface area (Å²) < 4.78 is 11.9. The van der Waals surface area contributed by atoms with Crippen LogP contribution in [-0.4, -0.2) is 29.5 Å². The summed E-state index contributed by atoms with van der Waals surface area (Å²) in [6.45, 7) is 2.94. The number of rotatable bonds is 7. The molecule has 5 nitrogen and oxygen atoms in total. The van der Waals surface area contributed by atoms with E-state index >= 15 is 0 Å². The van der Waals surface area contributed by atoms with Gasteiger partial charge in [-0.05, 0) is 24.1 Å². The first-order valence-electron chi connectivity index (χ1n) is 7.28. The Balaban J connectivity index is 2.25. The molecule has 1 heterocycles. The van der Waals surface area contributed by atoms with Crippen molar-refractivity contribution in [2.75, 3.05) is 13.7 Å². The maximum absolute atomic E-state index is 11.9. The van der Waals surface area contributed by atoms with E-state index in [2.05, 4.69) is 12.0 Å². The van der Waals surface area contributed by atoms with Crippen molar-refractivity contribution in [3.8, 4) is 5.88 Å². The van der Waals surface area contributed by atoms with Crippen molar-refractivity contribution in [3.05, 3.63) is 45.6 Å². The molecular weight excluding hydrogens is 339 g/mol. The second kappa shape index (κ2) is 8.22. The molecule has 0 aliphatic heterocycles. The van der Waals surface area contributed by atoms with Crippen LogP contribution in [0.1, 0.15) is 35.8 Å². The monoisotopic (exact) mass is 356 g/mol. The number of aromatic nitrogens is 2. The van der Waals surface area contributed by atoms with Crippen molar-refractivity contribution in [1.82, 2.24) is 9.78 Å². The van der Waals surface area contributed by atoms with E-state index in [0.717, 1.165) is 18.4 Å². The number of hydrogen-bond donors (Lipinski definition) is 0. The van der Waals surface area contributed by atoms with Gasteiger partial charge >= 0.3 is 5.97 Å². The summed E-state index contributed by atoms with van der Waals surface area (Å²) in [5.74, 6) is -0.0862. The Bertz CT molecular complexity index is 686. The number of ether oxygens (including phenoxy) is 2. The number of benzene rings is 1. The van der Waals surface area contributed by atoms with Gasteiger partial charge in [0, 0.05) is 16.1 Å². The van der Waals surface area contributed by atoms with Crippen molar-refractivity contribution in [2.45, 2.75) is 26.3 Å². The molecule has 0 radical (unpaired) electrons. The van der Waals surface area contributed by atoms with E-state index in [1.54, 1.807) is 24.3 Å². The Morgan fingerprint density at radius 2 is 2.09 bits per heavy atom. The van der Waals surface area contributed by atoms with E-state index in [1.165, 1.54) is 11.8 Å². The van der Waals surface area contributed by atoms with Gasteiger partial charge in [0.05, 0.1) is 20.3 Å². The first kappa shape index (κ1) is 17.6. The predicted octanol–water partition coefficient (Wildman–Crippen LogP) is 4.20. The molecule has 124 valence electrons. The fraction of sp³-hybridized carbons (Fsp3) is 0.375. The third kappa shape index (κ3) is 4.62. The average Bonchev–Trinajstić information content (AvgIpc) is 2.92. The largest absolute Gasteiger partial charge is 0.477 e. The maximum atomic E-state index is 11.9. The minimum Gasteiger partial charge on any atom is -0.477 e. The lowest BCUT2D eigenvalue weighted by Crippen LogP contribution is -2.13. The molecule has 0 fully saturated rings. The fourth-order valence-corrected chi connectivity index (χ4v) is 2.45. The lowest BCUT2D eigenvalue weighted by atomic mass is 10.2. The lowest BCUT2D eigenvalue weighted by molar-refractivity contribution is 0.0587.